The third-order valence-electron chi connectivity index (χ3n) is 4.43. The predicted molar refractivity (Wildman–Crippen MR) is 82.6 cm³/mol. The summed E-state index contributed by atoms with van der Waals surface area (Å²) in [4.78, 5) is 28.4. The molecule has 0 aromatic heterocycles. The summed E-state index contributed by atoms with van der Waals surface area (Å²) in [6.07, 6.45) is 1.66. The average Bonchev–Trinajstić information content (AvgIpc) is 2.80. The fourth-order valence-corrected chi connectivity index (χ4v) is 3.23. The molecule has 0 bridgehead atoms. The Bertz CT molecular complexity index is 573. The molecular weight excluding hydrogens is 280 g/mol. The van der Waals surface area contributed by atoms with E-state index < -0.39 is 0 Å². The molecule has 0 spiro atoms. The van der Waals surface area contributed by atoms with E-state index in [4.69, 9.17) is 4.74 Å². The smallest absolute Gasteiger partial charge is 0.323 e. The first-order chi connectivity index (χ1) is 10.6. The van der Waals surface area contributed by atoms with Crippen LogP contribution < -0.4 is 0 Å². The lowest BCUT2D eigenvalue weighted by molar-refractivity contribution is -0.142. The fraction of sp³-hybridized carbons (Fsp3) is 0.529. The monoisotopic (exact) mass is 302 g/mol. The minimum Gasteiger partial charge on any atom is -0.464 e. The minimum atomic E-state index is -0.117. The Hall–Kier alpha value is -1.88. The summed E-state index contributed by atoms with van der Waals surface area (Å²) in [5.74, 6) is -0.0296. The number of rotatable bonds is 2. The number of amides is 1. The summed E-state index contributed by atoms with van der Waals surface area (Å²) >= 11 is 0. The van der Waals surface area contributed by atoms with Gasteiger partial charge in [-0.3, -0.25) is 14.5 Å². The van der Waals surface area contributed by atoms with Gasteiger partial charge in [0.2, 0.25) is 0 Å². The molecule has 0 N–H and O–H groups in total. The van der Waals surface area contributed by atoms with Crippen LogP contribution >= 0.6 is 0 Å². The van der Waals surface area contributed by atoms with Crippen LogP contribution in [0.25, 0.3) is 0 Å². The number of aryl methyl sites for hydroxylation is 1. The number of carbonyl (C=O) groups excluding carboxylic acids is 2. The standard InChI is InChI=1S/C17H22N2O3/c1-13-4-2-5-14(12-13)16(20)19-8-3-7-18(9-10-19)15-6-11-22-17(15)21/h2,4-5,12,15H,3,6-11H2,1H3. The molecule has 5 nitrogen and oxygen atoms in total. The van der Waals surface area contributed by atoms with Crippen molar-refractivity contribution in [3.8, 4) is 0 Å². The second-order valence-corrected chi connectivity index (χ2v) is 6.02. The quantitative estimate of drug-likeness (QED) is 0.776. The predicted octanol–water partition coefficient (Wildman–Crippen LogP) is 1.46. The largest absolute Gasteiger partial charge is 0.464 e. The zero-order valence-corrected chi connectivity index (χ0v) is 13.0. The van der Waals surface area contributed by atoms with Crippen molar-refractivity contribution in [1.82, 2.24) is 9.80 Å². The molecule has 1 atom stereocenters. The Balaban J connectivity index is 1.65. The van der Waals surface area contributed by atoms with E-state index in [0.29, 0.717) is 13.2 Å². The van der Waals surface area contributed by atoms with Gasteiger partial charge in [0.1, 0.15) is 6.04 Å². The van der Waals surface area contributed by atoms with Crippen LogP contribution in [-0.2, 0) is 9.53 Å². The van der Waals surface area contributed by atoms with E-state index in [1.807, 2.05) is 36.1 Å². The Kier molecular flexibility index (Phi) is 4.43. The zero-order valence-electron chi connectivity index (χ0n) is 13.0. The summed E-state index contributed by atoms with van der Waals surface area (Å²) in [5.41, 5.74) is 1.84. The highest BCUT2D eigenvalue weighted by Crippen LogP contribution is 2.17. The van der Waals surface area contributed by atoms with Crippen LogP contribution in [0.2, 0.25) is 0 Å². The topological polar surface area (TPSA) is 49.9 Å². The van der Waals surface area contributed by atoms with Crippen molar-refractivity contribution < 1.29 is 14.3 Å². The van der Waals surface area contributed by atoms with E-state index in [1.165, 1.54) is 0 Å². The van der Waals surface area contributed by atoms with Gasteiger partial charge in [-0.2, -0.15) is 0 Å². The van der Waals surface area contributed by atoms with Crippen molar-refractivity contribution >= 4 is 11.9 Å². The maximum absolute atomic E-state index is 12.6. The van der Waals surface area contributed by atoms with Gasteiger partial charge >= 0.3 is 5.97 Å². The highest BCUT2D eigenvalue weighted by atomic mass is 16.5. The molecule has 3 rings (SSSR count). The number of benzene rings is 1. The molecule has 2 fully saturated rings. The van der Waals surface area contributed by atoms with E-state index in [0.717, 1.165) is 43.6 Å². The van der Waals surface area contributed by atoms with Gasteiger partial charge in [-0.1, -0.05) is 17.7 Å². The van der Waals surface area contributed by atoms with E-state index >= 15 is 0 Å². The molecule has 118 valence electrons. The molecule has 0 radical (unpaired) electrons. The molecule has 22 heavy (non-hydrogen) atoms. The molecule has 2 aliphatic heterocycles. The molecule has 1 aromatic rings. The van der Waals surface area contributed by atoms with Crippen molar-refractivity contribution in [2.24, 2.45) is 0 Å². The minimum absolute atomic E-state index is 0.0829. The number of hydrogen-bond acceptors (Lipinski definition) is 4. The van der Waals surface area contributed by atoms with Crippen LogP contribution in [0.3, 0.4) is 0 Å². The SMILES string of the molecule is Cc1cccc(C(=O)N2CCCN(C3CCOC3=O)CC2)c1. The second kappa shape index (κ2) is 6.48. The van der Waals surface area contributed by atoms with Gasteiger partial charge in [0.25, 0.3) is 5.91 Å². The van der Waals surface area contributed by atoms with Crippen molar-refractivity contribution in [3.05, 3.63) is 35.4 Å². The first-order valence-electron chi connectivity index (χ1n) is 7.92. The number of ether oxygens (including phenoxy) is 1. The van der Waals surface area contributed by atoms with Gasteiger partial charge in [-0.15, -0.1) is 0 Å². The van der Waals surface area contributed by atoms with Crippen LogP contribution in [0.5, 0.6) is 0 Å². The van der Waals surface area contributed by atoms with E-state index in [9.17, 15) is 9.59 Å². The molecule has 2 heterocycles. The Labute approximate surface area is 130 Å². The molecule has 1 aromatic carbocycles. The van der Waals surface area contributed by atoms with Gasteiger partial charge in [0, 0.05) is 38.2 Å². The lowest BCUT2D eigenvalue weighted by atomic mass is 10.1. The summed E-state index contributed by atoms with van der Waals surface area (Å²) in [7, 11) is 0. The lowest BCUT2D eigenvalue weighted by Crippen LogP contribution is -2.41. The summed E-state index contributed by atoms with van der Waals surface area (Å²) in [5, 5.41) is 0. The average molecular weight is 302 g/mol. The number of hydrogen-bond donors (Lipinski definition) is 0. The third-order valence-corrected chi connectivity index (χ3v) is 4.43. The van der Waals surface area contributed by atoms with E-state index in [-0.39, 0.29) is 17.9 Å². The Morgan fingerprint density at radius 3 is 2.82 bits per heavy atom. The van der Waals surface area contributed by atoms with Crippen molar-refractivity contribution in [1.29, 1.82) is 0 Å². The normalized spacial score (nSPS) is 23.2. The zero-order chi connectivity index (χ0) is 15.5. The van der Waals surface area contributed by atoms with Gasteiger partial charge in [0.15, 0.2) is 0 Å². The first kappa shape index (κ1) is 15.0. The molecule has 1 unspecified atom stereocenters. The van der Waals surface area contributed by atoms with Crippen LogP contribution in [0.15, 0.2) is 24.3 Å². The second-order valence-electron chi connectivity index (χ2n) is 6.02. The van der Waals surface area contributed by atoms with Crippen LogP contribution in [0.1, 0.15) is 28.8 Å². The summed E-state index contributed by atoms with van der Waals surface area (Å²) in [6, 6.07) is 7.59. The van der Waals surface area contributed by atoms with Crippen molar-refractivity contribution in [2.45, 2.75) is 25.8 Å². The Morgan fingerprint density at radius 1 is 1.23 bits per heavy atom. The van der Waals surface area contributed by atoms with Gasteiger partial charge in [0.05, 0.1) is 6.61 Å². The number of carbonyl (C=O) groups is 2. The molecular formula is C17H22N2O3. The summed E-state index contributed by atoms with van der Waals surface area (Å²) < 4.78 is 5.06. The Morgan fingerprint density at radius 2 is 2.09 bits per heavy atom. The molecule has 1 amide bonds. The number of esters is 1. The number of nitrogens with zero attached hydrogens (tertiary/aromatic N) is 2. The maximum atomic E-state index is 12.6. The van der Waals surface area contributed by atoms with Gasteiger partial charge < -0.3 is 9.64 Å². The first-order valence-corrected chi connectivity index (χ1v) is 7.92. The van der Waals surface area contributed by atoms with Gasteiger partial charge in [-0.25, -0.2) is 0 Å². The maximum Gasteiger partial charge on any atom is 0.323 e. The molecule has 0 saturated carbocycles. The lowest BCUT2D eigenvalue weighted by Gasteiger charge is -2.24. The van der Waals surface area contributed by atoms with E-state index in [1.54, 1.807) is 0 Å². The molecule has 2 saturated heterocycles. The third kappa shape index (κ3) is 3.14. The highest BCUT2D eigenvalue weighted by molar-refractivity contribution is 5.94. The van der Waals surface area contributed by atoms with Gasteiger partial charge in [-0.05, 0) is 25.5 Å². The number of cyclic esters (lactones) is 1. The van der Waals surface area contributed by atoms with Crippen LogP contribution in [0, 0.1) is 6.92 Å². The van der Waals surface area contributed by atoms with E-state index in [2.05, 4.69) is 4.90 Å². The molecule has 5 heteroatoms. The van der Waals surface area contributed by atoms with Crippen molar-refractivity contribution in [2.75, 3.05) is 32.8 Å². The fourth-order valence-electron chi connectivity index (χ4n) is 3.23. The van der Waals surface area contributed by atoms with Crippen molar-refractivity contribution in [3.63, 3.8) is 0 Å². The summed E-state index contributed by atoms with van der Waals surface area (Å²) in [6.45, 7) is 5.49. The van der Waals surface area contributed by atoms with Crippen LogP contribution in [-0.4, -0.2) is 60.5 Å². The molecule has 0 aliphatic carbocycles. The van der Waals surface area contributed by atoms with Crippen LogP contribution in [0.4, 0.5) is 0 Å². The highest BCUT2D eigenvalue weighted by Gasteiger charge is 2.33. The molecule has 2 aliphatic rings.